The molecule has 17 heavy (non-hydrogen) atoms. The lowest BCUT2D eigenvalue weighted by atomic mass is 9.95. The number of hydrogen-bond donors (Lipinski definition) is 1. The molecular weight excluding hydrogens is 226 g/mol. The Kier molecular flexibility index (Phi) is 4.63. The Hall–Kier alpha value is -0.340. The van der Waals surface area contributed by atoms with Crippen molar-refractivity contribution in [1.29, 1.82) is 0 Å². The van der Waals surface area contributed by atoms with Gasteiger partial charge in [-0.15, -0.1) is 11.3 Å². The van der Waals surface area contributed by atoms with E-state index in [4.69, 9.17) is 0 Å². The van der Waals surface area contributed by atoms with Gasteiger partial charge in [0.05, 0.1) is 0 Å². The van der Waals surface area contributed by atoms with E-state index in [1.54, 1.807) is 0 Å². The average molecular weight is 251 g/mol. The van der Waals surface area contributed by atoms with Gasteiger partial charge in [0, 0.05) is 17.0 Å². The van der Waals surface area contributed by atoms with Crippen LogP contribution in [0.3, 0.4) is 0 Å². The van der Waals surface area contributed by atoms with Crippen molar-refractivity contribution in [2.24, 2.45) is 11.8 Å². The van der Waals surface area contributed by atoms with Crippen molar-refractivity contribution in [3.63, 3.8) is 0 Å². The van der Waals surface area contributed by atoms with Crippen LogP contribution in [0.5, 0.6) is 0 Å². The molecule has 1 aliphatic rings. The van der Waals surface area contributed by atoms with Crippen LogP contribution in [-0.2, 0) is 0 Å². The molecule has 2 atom stereocenters. The summed E-state index contributed by atoms with van der Waals surface area (Å²) in [6.07, 6.45) is 5.71. The summed E-state index contributed by atoms with van der Waals surface area (Å²) < 4.78 is 0. The van der Waals surface area contributed by atoms with Gasteiger partial charge in [0.1, 0.15) is 0 Å². The molecule has 1 fully saturated rings. The normalized spacial score (nSPS) is 20.9. The standard InChI is InChI=1S/C15H25NS/c1-11(2)15(14-9-6-10-17-14)16-12(3)13-7-4-5-8-13/h6,9-13,15-16H,4-5,7-8H2,1-3H3/t12-,15?/m0/s1. The Morgan fingerprint density at radius 3 is 2.47 bits per heavy atom. The van der Waals surface area contributed by atoms with E-state index < -0.39 is 0 Å². The van der Waals surface area contributed by atoms with Gasteiger partial charge in [0.2, 0.25) is 0 Å². The second-order valence-corrected chi connectivity index (χ2v) is 6.72. The van der Waals surface area contributed by atoms with E-state index in [0.717, 1.165) is 5.92 Å². The van der Waals surface area contributed by atoms with Crippen LogP contribution < -0.4 is 5.32 Å². The predicted octanol–water partition coefficient (Wildman–Crippen LogP) is 4.61. The maximum atomic E-state index is 3.87. The molecule has 0 bridgehead atoms. The van der Waals surface area contributed by atoms with E-state index in [0.29, 0.717) is 18.0 Å². The molecule has 2 rings (SSSR count). The molecule has 1 aromatic heterocycles. The molecule has 0 aliphatic heterocycles. The molecule has 0 saturated heterocycles. The van der Waals surface area contributed by atoms with Crippen molar-refractivity contribution >= 4 is 11.3 Å². The lowest BCUT2D eigenvalue weighted by molar-refractivity contribution is 0.306. The number of nitrogens with one attached hydrogen (secondary N) is 1. The summed E-state index contributed by atoms with van der Waals surface area (Å²) in [5.74, 6) is 1.56. The average Bonchev–Trinajstić information content (AvgIpc) is 2.97. The first-order valence-corrected chi connectivity index (χ1v) is 7.86. The summed E-state index contributed by atoms with van der Waals surface area (Å²) in [4.78, 5) is 1.49. The van der Waals surface area contributed by atoms with Gasteiger partial charge in [0.25, 0.3) is 0 Å². The van der Waals surface area contributed by atoms with Gasteiger partial charge in [-0.3, -0.25) is 0 Å². The zero-order valence-electron chi connectivity index (χ0n) is 11.3. The van der Waals surface area contributed by atoms with Gasteiger partial charge in [-0.25, -0.2) is 0 Å². The topological polar surface area (TPSA) is 12.0 Å². The van der Waals surface area contributed by atoms with Crippen LogP contribution in [0.1, 0.15) is 57.4 Å². The summed E-state index contributed by atoms with van der Waals surface area (Å²) in [6, 6.07) is 5.62. The quantitative estimate of drug-likeness (QED) is 0.805. The lowest BCUT2D eigenvalue weighted by Crippen LogP contribution is -2.37. The van der Waals surface area contributed by atoms with Crippen molar-refractivity contribution in [2.45, 2.75) is 58.5 Å². The first-order valence-electron chi connectivity index (χ1n) is 6.98. The Morgan fingerprint density at radius 2 is 1.94 bits per heavy atom. The summed E-state index contributed by atoms with van der Waals surface area (Å²) >= 11 is 1.88. The van der Waals surface area contributed by atoms with Gasteiger partial charge in [-0.1, -0.05) is 32.8 Å². The zero-order valence-corrected chi connectivity index (χ0v) is 12.1. The minimum absolute atomic E-state index is 0.533. The van der Waals surface area contributed by atoms with Crippen molar-refractivity contribution < 1.29 is 0 Å². The fraction of sp³-hybridized carbons (Fsp3) is 0.733. The molecule has 0 spiro atoms. The van der Waals surface area contributed by atoms with E-state index in [9.17, 15) is 0 Å². The first kappa shape index (κ1) is 13.1. The van der Waals surface area contributed by atoms with Crippen molar-refractivity contribution in [2.75, 3.05) is 0 Å². The minimum atomic E-state index is 0.533. The second kappa shape index (κ2) is 6.01. The SMILES string of the molecule is CC(C)C(N[C@@H](C)C1CCCC1)c1cccs1. The highest BCUT2D eigenvalue weighted by molar-refractivity contribution is 7.10. The molecular formula is C15H25NS. The third-order valence-corrected chi connectivity index (χ3v) is 5.02. The Labute approximate surface area is 110 Å². The summed E-state index contributed by atoms with van der Waals surface area (Å²) in [6.45, 7) is 7.01. The maximum Gasteiger partial charge on any atom is 0.0440 e. The molecule has 1 aliphatic carbocycles. The Morgan fingerprint density at radius 1 is 1.24 bits per heavy atom. The van der Waals surface area contributed by atoms with E-state index in [2.05, 4.69) is 43.6 Å². The molecule has 0 aromatic carbocycles. The minimum Gasteiger partial charge on any atom is -0.306 e. The van der Waals surface area contributed by atoms with Crippen LogP contribution in [-0.4, -0.2) is 6.04 Å². The van der Waals surface area contributed by atoms with Crippen LogP contribution >= 0.6 is 11.3 Å². The smallest absolute Gasteiger partial charge is 0.0440 e. The van der Waals surface area contributed by atoms with E-state index in [-0.39, 0.29) is 0 Å². The zero-order chi connectivity index (χ0) is 12.3. The number of hydrogen-bond acceptors (Lipinski definition) is 2. The molecule has 96 valence electrons. The van der Waals surface area contributed by atoms with E-state index >= 15 is 0 Å². The highest BCUT2D eigenvalue weighted by Crippen LogP contribution is 2.31. The highest BCUT2D eigenvalue weighted by atomic mass is 32.1. The molecule has 1 nitrogen and oxygen atoms in total. The summed E-state index contributed by atoms with van der Waals surface area (Å²) in [5.41, 5.74) is 0. The van der Waals surface area contributed by atoms with Crippen molar-refractivity contribution in [3.8, 4) is 0 Å². The lowest BCUT2D eigenvalue weighted by Gasteiger charge is -2.29. The third-order valence-electron chi connectivity index (χ3n) is 4.07. The Bertz CT molecular complexity index is 312. The Balaban J connectivity index is 1.98. The second-order valence-electron chi connectivity index (χ2n) is 5.74. The van der Waals surface area contributed by atoms with Crippen LogP contribution in [0.15, 0.2) is 17.5 Å². The summed E-state index contributed by atoms with van der Waals surface area (Å²) in [7, 11) is 0. The maximum absolute atomic E-state index is 3.87. The molecule has 1 N–H and O–H groups in total. The largest absolute Gasteiger partial charge is 0.306 e. The van der Waals surface area contributed by atoms with Gasteiger partial charge >= 0.3 is 0 Å². The monoisotopic (exact) mass is 251 g/mol. The van der Waals surface area contributed by atoms with Gasteiger partial charge in [-0.05, 0) is 43.0 Å². The van der Waals surface area contributed by atoms with Crippen LogP contribution in [0.2, 0.25) is 0 Å². The number of thiophene rings is 1. The van der Waals surface area contributed by atoms with Crippen LogP contribution in [0, 0.1) is 11.8 Å². The van der Waals surface area contributed by atoms with Gasteiger partial charge in [-0.2, -0.15) is 0 Å². The van der Waals surface area contributed by atoms with Crippen LogP contribution in [0.25, 0.3) is 0 Å². The molecule has 0 radical (unpaired) electrons. The predicted molar refractivity (Wildman–Crippen MR) is 76.5 cm³/mol. The molecule has 1 saturated carbocycles. The summed E-state index contributed by atoms with van der Waals surface area (Å²) in [5, 5.41) is 6.06. The van der Waals surface area contributed by atoms with E-state index in [1.807, 2.05) is 11.3 Å². The van der Waals surface area contributed by atoms with Crippen molar-refractivity contribution in [1.82, 2.24) is 5.32 Å². The van der Waals surface area contributed by atoms with E-state index in [1.165, 1.54) is 30.6 Å². The molecule has 2 heteroatoms. The van der Waals surface area contributed by atoms with Gasteiger partial charge < -0.3 is 5.32 Å². The molecule has 1 unspecified atom stereocenters. The highest BCUT2D eigenvalue weighted by Gasteiger charge is 2.25. The fourth-order valence-electron chi connectivity index (χ4n) is 2.95. The number of rotatable bonds is 5. The molecule has 1 heterocycles. The van der Waals surface area contributed by atoms with Crippen molar-refractivity contribution in [3.05, 3.63) is 22.4 Å². The molecule has 0 amide bonds. The molecule has 1 aromatic rings. The first-order chi connectivity index (χ1) is 8.18. The van der Waals surface area contributed by atoms with Crippen LogP contribution in [0.4, 0.5) is 0 Å². The third kappa shape index (κ3) is 3.32. The van der Waals surface area contributed by atoms with Gasteiger partial charge in [0.15, 0.2) is 0 Å². The fourth-order valence-corrected chi connectivity index (χ4v) is 3.91.